The summed E-state index contributed by atoms with van der Waals surface area (Å²) in [4.78, 5) is 16.9. The van der Waals surface area contributed by atoms with E-state index < -0.39 is 6.10 Å². The van der Waals surface area contributed by atoms with E-state index in [4.69, 9.17) is 0 Å². The van der Waals surface area contributed by atoms with E-state index in [0.29, 0.717) is 11.2 Å². The number of aliphatic hydroxyl groups excluding tert-OH is 1. The van der Waals surface area contributed by atoms with Gasteiger partial charge in [0.25, 0.3) is 5.91 Å². The van der Waals surface area contributed by atoms with Crippen molar-refractivity contribution in [2.24, 2.45) is 0 Å². The SMILES string of the molecule is Cc1cc(C)cc([C@H](O)CNC(=O)c2cnn3c(C)cc(C)nc23)c1. The molecule has 1 amide bonds. The van der Waals surface area contributed by atoms with Crippen LogP contribution in [0.4, 0.5) is 0 Å². The predicted octanol–water partition coefficient (Wildman–Crippen LogP) is 2.43. The maximum absolute atomic E-state index is 12.5. The Labute approximate surface area is 146 Å². The van der Waals surface area contributed by atoms with Gasteiger partial charge in [0.15, 0.2) is 5.65 Å². The van der Waals surface area contributed by atoms with Crippen LogP contribution in [0.15, 0.2) is 30.5 Å². The topological polar surface area (TPSA) is 79.5 Å². The molecule has 0 radical (unpaired) electrons. The van der Waals surface area contributed by atoms with Crippen LogP contribution < -0.4 is 5.32 Å². The van der Waals surface area contributed by atoms with E-state index in [1.165, 1.54) is 6.20 Å². The molecule has 1 atom stereocenters. The standard InChI is InChI=1S/C19H22N4O2/c1-11-5-12(2)7-15(6-11)17(24)10-20-19(25)16-9-21-23-14(4)8-13(3)22-18(16)23/h5-9,17,24H,10H2,1-4H3,(H,20,25)/t17-/m1/s1. The zero-order chi connectivity index (χ0) is 18.1. The average Bonchev–Trinajstić information content (AvgIpc) is 2.95. The molecule has 0 aliphatic rings. The summed E-state index contributed by atoms with van der Waals surface area (Å²) in [6.07, 6.45) is 0.744. The fraction of sp³-hybridized carbons (Fsp3) is 0.316. The molecule has 25 heavy (non-hydrogen) atoms. The van der Waals surface area contributed by atoms with Crippen LogP contribution in [0.25, 0.3) is 5.65 Å². The first-order valence-corrected chi connectivity index (χ1v) is 8.21. The number of benzene rings is 1. The number of rotatable bonds is 4. The van der Waals surface area contributed by atoms with Crippen LogP contribution in [-0.4, -0.2) is 32.2 Å². The lowest BCUT2D eigenvalue weighted by Crippen LogP contribution is -2.28. The highest BCUT2D eigenvalue weighted by Crippen LogP contribution is 2.17. The molecule has 3 aromatic rings. The van der Waals surface area contributed by atoms with Gasteiger partial charge in [-0.05, 0) is 39.3 Å². The van der Waals surface area contributed by atoms with Crippen LogP contribution in [0.3, 0.4) is 0 Å². The van der Waals surface area contributed by atoms with E-state index >= 15 is 0 Å². The van der Waals surface area contributed by atoms with Crippen LogP contribution in [0.5, 0.6) is 0 Å². The number of aliphatic hydroxyl groups is 1. The minimum atomic E-state index is -0.763. The number of amides is 1. The number of aryl methyl sites for hydroxylation is 4. The Balaban J connectivity index is 1.77. The molecule has 0 aliphatic heterocycles. The minimum absolute atomic E-state index is 0.129. The third-order valence-corrected chi connectivity index (χ3v) is 4.11. The maximum Gasteiger partial charge on any atom is 0.256 e. The van der Waals surface area contributed by atoms with Crippen molar-refractivity contribution in [3.63, 3.8) is 0 Å². The van der Waals surface area contributed by atoms with E-state index in [2.05, 4.69) is 15.4 Å². The van der Waals surface area contributed by atoms with Crippen LogP contribution in [0.1, 0.15) is 44.5 Å². The Morgan fingerprint density at radius 1 is 1.16 bits per heavy atom. The van der Waals surface area contributed by atoms with Crippen molar-refractivity contribution in [1.29, 1.82) is 0 Å². The van der Waals surface area contributed by atoms with Gasteiger partial charge in [-0.2, -0.15) is 5.10 Å². The molecule has 0 spiro atoms. The lowest BCUT2D eigenvalue weighted by Gasteiger charge is -2.13. The highest BCUT2D eigenvalue weighted by molar-refractivity contribution is 5.99. The van der Waals surface area contributed by atoms with Crippen molar-refractivity contribution < 1.29 is 9.90 Å². The molecule has 0 unspecified atom stereocenters. The molecular weight excluding hydrogens is 316 g/mol. The number of nitrogens with one attached hydrogen (secondary N) is 1. The Hall–Kier alpha value is -2.73. The van der Waals surface area contributed by atoms with E-state index in [0.717, 1.165) is 28.1 Å². The average molecular weight is 338 g/mol. The van der Waals surface area contributed by atoms with Crippen LogP contribution in [-0.2, 0) is 0 Å². The van der Waals surface area contributed by atoms with Gasteiger partial charge in [0, 0.05) is 17.9 Å². The zero-order valence-electron chi connectivity index (χ0n) is 14.9. The first-order chi connectivity index (χ1) is 11.8. The van der Waals surface area contributed by atoms with Crippen molar-refractivity contribution >= 4 is 11.6 Å². The number of aromatic nitrogens is 3. The molecular formula is C19H22N4O2. The molecule has 2 N–H and O–H groups in total. The quantitative estimate of drug-likeness (QED) is 0.766. The molecule has 0 aliphatic carbocycles. The molecule has 3 rings (SSSR count). The van der Waals surface area contributed by atoms with E-state index in [-0.39, 0.29) is 12.5 Å². The highest BCUT2D eigenvalue weighted by Gasteiger charge is 2.17. The molecule has 1 aromatic carbocycles. The second-order valence-electron chi connectivity index (χ2n) is 6.48. The third-order valence-electron chi connectivity index (χ3n) is 4.11. The van der Waals surface area contributed by atoms with Crippen molar-refractivity contribution in [2.75, 3.05) is 6.54 Å². The number of carbonyl (C=O) groups excluding carboxylic acids is 1. The van der Waals surface area contributed by atoms with Gasteiger partial charge in [0.05, 0.1) is 12.3 Å². The zero-order valence-corrected chi connectivity index (χ0v) is 14.9. The van der Waals surface area contributed by atoms with E-state index in [1.807, 2.05) is 52.0 Å². The summed E-state index contributed by atoms with van der Waals surface area (Å²) in [5, 5.41) is 17.4. The summed E-state index contributed by atoms with van der Waals surface area (Å²) in [5.74, 6) is -0.295. The summed E-state index contributed by atoms with van der Waals surface area (Å²) in [7, 11) is 0. The van der Waals surface area contributed by atoms with Gasteiger partial charge in [0.2, 0.25) is 0 Å². The Kier molecular flexibility index (Phi) is 4.55. The Bertz CT molecular complexity index is 926. The summed E-state index contributed by atoms with van der Waals surface area (Å²) >= 11 is 0. The van der Waals surface area contributed by atoms with Gasteiger partial charge < -0.3 is 10.4 Å². The first kappa shape index (κ1) is 17.1. The summed E-state index contributed by atoms with van der Waals surface area (Å²) in [6.45, 7) is 7.89. The van der Waals surface area contributed by atoms with Crippen molar-refractivity contribution in [3.05, 3.63) is 64.1 Å². The highest BCUT2D eigenvalue weighted by atomic mass is 16.3. The van der Waals surface area contributed by atoms with Gasteiger partial charge >= 0.3 is 0 Å². The number of fused-ring (bicyclic) bond motifs is 1. The maximum atomic E-state index is 12.5. The Morgan fingerprint density at radius 3 is 2.52 bits per heavy atom. The van der Waals surface area contributed by atoms with E-state index in [9.17, 15) is 9.90 Å². The van der Waals surface area contributed by atoms with Crippen molar-refractivity contribution in [2.45, 2.75) is 33.8 Å². The van der Waals surface area contributed by atoms with Crippen LogP contribution in [0, 0.1) is 27.7 Å². The second kappa shape index (κ2) is 6.64. The molecule has 0 saturated heterocycles. The molecule has 130 valence electrons. The summed E-state index contributed by atoms with van der Waals surface area (Å²) < 4.78 is 1.64. The molecule has 0 fully saturated rings. The van der Waals surface area contributed by atoms with Gasteiger partial charge in [-0.25, -0.2) is 9.50 Å². The van der Waals surface area contributed by atoms with E-state index in [1.54, 1.807) is 4.52 Å². The largest absolute Gasteiger partial charge is 0.387 e. The number of hydrogen-bond donors (Lipinski definition) is 2. The monoisotopic (exact) mass is 338 g/mol. The predicted molar refractivity (Wildman–Crippen MR) is 95.7 cm³/mol. The fourth-order valence-corrected chi connectivity index (χ4v) is 3.04. The number of nitrogens with zero attached hydrogens (tertiary/aromatic N) is 3. The van der Waals surface area contributed by atoms with Crippen molar-refractivity contribution in [1.82, 2.24) is 19.9 Å². The van der Waals surface area contributed by atoms with Crippen molar-refractivity contribution in [3.8, 4) is 0 Å². The van der Waals surface area contributed by atoms with Gasteiger partial charge in [-0.3, -0.25) is 4.79 Å². The second-order valence-corrected chi connectivity index (χ2v) is 6.48. The van der Waals surface area contributed by atoms with Crippen LogP contribution >= 0.6 is 0 Å². The van der Waals surface area contributed by atoms with Gasteiger partial charge in [-0.1, -0.05) is 29.3 Å². The first-order valence-electron chi connectivity index (χ1n) is 8.21. The number of carbonyl (C=O) groups is 1. The van der Waals surface area contributed by atoms with Gasteiger partial charge in [0.1, 0.15) is 5.56 Å². The lowest BCUT2D eigenvalue weighted by atomic mass is 10.0. The molecule has 0 bridgehead atoms. The summed E-state index contributed by atoms with van der Waals surface area (Å²) in [5.41, 5.74) is 5.63. The smallest absolute Gasteiger partial charge is 0.256 e. The molecule has 2 aromatic heterocycles. The number of hydrogen-bond acceptors (Lipinski definition) is 4. The lowest BCUT2D eigenvalue weighted by molar-refractivity contribution is 0.0917. The molecule has 0 saturated carbocycles. The minimum Gasteiger partial charge on any atom is -0.387 e. The summed E-state index contributed by atoms with van der Waals surface area (Å²) in [6, 6.07) is 7.80. The van der Waals surface area contributed by atoms with Gasteiger partial charge in [-0.15, -0.1) is 0 Å². The fourth-order valence-electron chi connectivity index (χ4n) is 3.04. The molecule has 6 nitrogen and oxygen atoms in total. The Morgan fingerprint density at radius 2 is 1.84 bits per heavy atom. The normalized spacial score (nSPS) is 12.4. The van der Waals surface area contributed by atoms with Crippen LogP contribution in [0.2, 0.25) is 0 Å². The third kappa shape index (κ3) is 3.53. The molecule has 2 heterocycles. The molecule has 6 heteroatoms.